The van der Waals surface area contributed by atoms with Crippen LogP contribution in [0.2, 0.25) is 10.0 Å². The Hall–Kier alpha value is -0.240. The second kappa shape index (κ2) is 6.37. The van der Waals surface area contributed by atoms with Crippen molar-refractivity contribution in [3.63, 3.8) is 0 Å². The van der Waals surface area contributed by atoms with Gasteiger partial charge in [0.1, 0.15) is 0 Å². The second-order valence-corrected chi connectivity index (χ2v) is 4.47. The van der Waals surface area contributed by atoms with Crippen molar-refractivity contribution in [2.75, 3.05) is 0 Å². The lowest BCUT2D eigenvalue weighted by Gasteiger charge is -2.15. The van der Waals surface area contributed by atoms with Crippen molar-refractivity contribution < 1.29 is 0 Å². The van der Waals surface area contributed by atoms with Gasteiger partial charge in [-0.05, 0) is 36.6 Å². The van der Waals surface area contributed by atoms with Gasteiger partial charge in [-0.15, -0.1) is 0 Å². The van der Waals surface area contributed by atoms with Crippen LogP contribution in [0.15, 0.2) is 18.2 Å². The standard InChI is InChI=1S/C12H17Cl2N/c1-3-11(4-2)15-8-9-7-10(13)5-6-12(9)14/h5-7,11,15H,3-4,8H2,1-2H3. The lowest BCUT2D eigenvalue weighted by atomic mass is 10.1. The van der Waals surface area contributed by atoms with Gasteiger partial charge in [-0.3, -0.25) is 0 Å². The third-order valence-electron chi connectivity index (χ3n) is 2.57. The molecule has 0 amide bonds. The molecule has 1 nitrogen and oxygen atoms in total. The largest absolute Gasteiger partial charge is 0.310 e. The van der Waals surface area contributed by atoms with E-state index >= 15 is 0 Å². The highest BCUT2D eigenvalue weighted by molar-refractivity contribution is 6.33. The minimum absolute atomic E-state index is 0.556. The zero-order chi connectivity index (χ0) is 11.3. The monoisotopic (exact) mass is 245 g/mol. The highest BCUT2D eigenvalue weighted by atomic mass is 35.5. The quantitative estimate of drug-likeness (QED) is 0.817. The first-order chi connectivity index (χ1) is 7.17. The Kier molecular flexibility index (Phi) is 5.44. The summed E-state index contributed by atoms with van der Waals surface area (Å²) >= 11 is 12.0. The van der Waals surface area contributed by atoms with Crippen molar-refractivity contribution in [3.05, 3.63) is 33.8 Å². The van der Waals surface area contributed by atoms with Gasteiger partial charge in [0.05, 0.1) is 0 Å². The highest BCUT2D eigenvalue weighted by Crippen LogP contribution is 2.20. The number of benzene rings is 1. The van der Waals surface area contributed by atoms with E-state index in [0.717, 1.165) is 35.0 Å². The summed E-state index contributed by atoms with van der Waals surface area (Å²) in [6.45, 7) is 5.15. The van der Waals surface area contributed by atoms with Crippen LogP contribution in [-0.4, -0.2) is 6.04 Å². The Balaban J connectivity index is 2.60. The molecule has 0 unspecified atom stereocenters. The first-order valence-electron chi connectivity index (χ1n) is 5.34. The molecule has 0 heterocycles. The minimum Gasteiger partial charge on any atom is -0.310 e. The molecule has 3 heteroatoms. The summed E-state index contributed by atoms with van der Waals surface area (Å²) < 4.78 is 0. The fourth-order valence-corrected chi connectivity index (χ4v) is 1.89. The van der Waals surface area contributed by atoms with Crippen LogP contribution < -0.4 is 5.32 Å². The fraction of sp³-hybridized carbons (Fsp3) is 0.500. The van der Waals surface area contributed by atoms with Gasteiger partial charge in [0.25, 0.3) is 0 Å². The van der Waals surface area contributed by atoms with Gasteiger partial charge in [0, 0.05) is 22.6 Å². The summed E-state index contributed by atoms with van der Waals surface area (Å²) in [6, 6.07) is 6.12. The number of hydrogen-bond acceptors (Lipinski definition) is 1. The van der Waals surface area contributed by atoms with Crippen LogP contribution in [0.1, 0.15) is 32.3 Å². The van der Waals surface area contributed by atoms with Gasteiger partial charge in [-0.1, -0.05) is 37.0 Å². The predicted octanol–water partition coefficient (Wildman–Crippen LogP) is 4.27. The molecular formula is C12H17Cl2N. The molecular weight excluding hydrogens is 229 g/mol. The predicted molar refractivity (Wildman–Crippen MR) is 67.7 cm³/mol. The van der Waals surface area contributed by atoms with Gasteiger partial charge in [-0.25, -0.2) is 0 Å². The number of nitrogens with one attached hydrogen (secondary N) is 1. The minimum atomic E-state index is 0.556. The number of halogens is 2. The van der Waals surface area contributed by atoms with E-state index < -0.39 is 0 Å². The Morgan fingerprint density at radius 2 is 1.87 bits per heavy atom. The molecule has 0 saturated heterocycles. The van der Waals surface area contributed by atoms with E-state index in [1.807, 2.05) is 18.2 Å². The van der Waals surface area contributed by atoms with E-state index in [2.05, 4.69) is 19.2 Å². The average Bonchev–Trinajstić information content (AvgIpc) is 2.24. The smallest absolute Gasteiger partial charge is 0.0451 e. The molecule has 1 N–H and O–H groups in total. The Morgan fingerprint density at radius 3 is 2.47 bits per heavy atom. The van der Waals surface area contributed by atoms with Crippen molar-refractivity contribution in [1.29, 1.82) is 0 Å². The Morgan fingerprint density at radius 1 is 1.20 bits per heavy atom. The molecule has 0 radical (unpaired) electrons. The molecule has 1 aromatic rings. The van der Waals surface area contributed by atoms with Gasteiger partial charge in [0.2, 0.25) is 0 Å². The molecule has 0 aliphatic carbocycles. The SMILES string of the molecule is CCC(CC)NCc1cc(Cl)ccc1Cl. The molecule has 0 aliphatic rings. The van der Waals surface area contributed by atoms with E-state index in [0.29, 0.717) is 6.04 Å². The van der Waals surface area contributed by atoms with E-state index in [1.165, 1.54) is 0 Å². The first-order valence-corrected chi connectivity index (χ1v) is 6.10. The van der Waals surface area contributed by atoms with E-state index in [-0.39, 0.29) is 0 Å². The van der Waals surface area contributed by atoms with Crippen LogP contribution in [-0.2, 0) is 6.54 Å². The lowest BCUT2D eigenvalue weighted by molar-refractivity contribution is 0.484. The summed E-state index contributed by atoms with van der Waals surface area (Å²) in [5, 5.41) is 4.97. The molecule has 1 rings (SSSR count). The number of hydrogen-bond donors (Lipinski definition) is 1. The van der Waals surface area contributed by atoms with Crippen molar-refractivity contribution in [1.82, 2.24) is 5.32 Å². The van der Waals surface area contributed by atoms with Gasteiger partial charge < -0.3 is 5.32 Å². The number of rotatable bonds is 5. The fourth-order valence-electron chi connectivity index (χ4n) is 1.51. The highest BCUT2D eigenvalue weighted by Gasteiger charge is 2.05. The maximum atomic E-state index is 6.07. The van der Waals surface area contributed by atoms with Crippen molar-refractivity contribution in [2.24, 2.45) is 0 Å². The molecule has 0 bridgehead atoms. The molecule has 0 aliphatic heterocycles. The average molecular weight is 246 g/mol. The van der Waals surface area contributed by atoms with E-state index in [4.69, 9.17) is 23.2 Å². The van der Waals surface area contributed by atoms with Gasteiger partial charge in [0.15, 0.2) is 0 Å². The molecule has 0 aromatic heterocycles. The maximum absolute atomic E-state index is 6.07. The van der Waals surface area contributed by atoms with Crippen LogP contribution in [0, 0.1) is 0 Å². The summed E-state index contributed by atoms with van der Waals surface area (Å²) in [7, 11) is 0. The summed E-state index contributed by atoms with van der Waals surface area (Å²) in [6.07, 6.45) is 2.27. The topological polar surface area (TPSA) is 12.0 Å². The Labute approximate surface area is 102 Å². The summed E-state index contributed by atoms with van der Waals surface area (Å²) in [5.41, 5.74) is 1.07. The third-order valence-corrected chi connectivity index (χ3v) is 3.18. The van der Waals surface area contributed by atoms with Crippen molar-refractivity contribution >= 4 is 23.2 Å². The molecule has 0 fully saturated rings. The molecule has 0 spiro atoms. The molecule has 84 valence electrons. The van der Waals surface area contributed by atoms with Crippen LogP contribution in [0.25, 0.3) is 0 Å². The lowest BCUT2D eigenvalue weighted by Crippen LogP contribution is -2.27. The van der Waals surface area contributed by atoms with E-state index in [1.54, 1.807) is 0 Å². The first kappa shape index (κ1) is 12.8. The van der Waals surface area contributed by atoms with Crippen molar-refractivity contribution in [3.8, 4) is 0 Å². The van der Waals surface area contributed by atoms with Crippen LogP contribution in [0.4, 0.5) is 0 Å². The summed E-state index contributed by atoms with van der Waals surface area (Å²) in [5.74, 6) is 0. The zero-order valence-electron chi connectivity index (χ0n) is 9.19. The third kappa shape index (κ3) is 4.02. The Bertz CT molecular complexity index is 308. The summed E-state index contributed by atoms with van der Waals surface area (Å²) in [4.78, 5) is 0. The van der Waals surface area contributed by atoms with Crippen LogP contribution >= 0.6 is 23.2 Å². The van der Waals surface area contributed by atoms with Crippen LogP contribution in [0.5, 0.6) is 0 Å². The molecule has 0 saturated carbocycles. The normalized spacial score (nSPS) is 11.0. The van der Waals surface area contributed by atoms with E-state index in [9.17, 15) is 0 Å². The van der Waals surface area contributed by atoms with Gasteiger partial charge >= 0.3 is 0 Å². The molecule has 1 aromatic carbocycles. The molecule has 15 heavy (non-hydrogen) atoms. The van der Waals surface area contributed by atoms with Crippen LogP contribution in [0.3, 0.4) is 0 Å². The maximum Gasteiger partial charge on any atom is 0.0451 e. The van der Waals surface area contributed by atoms with Gasteiger partial charge in [-0.2, -0.15) is 0 Å². The second-order valence-electron chi connectivity index (χ2n) is 3.63. The zero-order valence-corrected chi connectivity index (χ0v) is 10.7. The van der Waals surface area contributed by atoms with Crippen molar-refractivity contribution in [2.45, 2.75) is 39.3 Å². The molecule has 0 atom stereocenters.